The first-order valence-corrected chi connectivity index (χ1v) is 7.56. The number of nitrogens with zero attached hydrogens (tertiary/aromatic N) is 2. The van der Waals surface area contributed by atoms with E-state index in [9.17, 15) is 10.1 Å². The third-order valence-electron chi connectivity index (χ3n) is 3.12. The van der Waals surface area contributed by atoms with Crippen molar-refractivity contribution in [1.29, 1.82) is 0 Å². The summed E-state index contributed by atoms with van der Waals surface area (Å²) < 4.78 is 2.68. The second-order valence-corrected chi connectivity index (χ2v) is 6.17. The number of nitrogens with one attached hydrogen (secondary N) is 1. The molecule has 1 aromatic carbocycles. The van der Waals surface area contributed by atoms with Gasteiger partial charge in [-0.15, -0.1) is 0 Å². The molecule has 0 saturated carbocycles. The van der Waals surface area contributed by atoms with Crippen LogP contribution in [0, 0.1) is 10.1 Å². The highest BCUT2D eigenvalue weighted by molar-refractivity contribution is 9.10. The van der Waals surface area contributed by atoms with E-state index >= 15 is 0 Å². The van der Waals surface area contributed by atoms with Crippen molar-refractivity contribution in [1.82, 2.24) is 9.88 Å². The van der Waals surface area contributed by atoms with E-state index in [1.54, 1.807) is 12.1 Å². The van der Waals surface area contributed by atoms with Crippen LogP contribution in [0.3, 0.4) is 0 Å². The van der Waals surface area contributed by atoms with Crippen LogP contribution in [0.15, 0.2) is 41.1 Å². The smallest absolute Gasteiger partial charge is 0.275 e. The van der Waals surface area contributed by atoms with E-state index in [1.165, 1.54) is 5.56 Å². The third kappa shape index (κ3) is 4.41. The van der Waals surface area contributed by atoms with Crippen molar-refractivity contribution in [2.75, 3.05) is 0 Å². The van der Waals surface area contributed by atoms with Crippen LogP contribution >= 0.6 is 15.9 Å². The third-order valence-corrected chi connectivity index (χ3v) is 3.62. The van der Waals surface area contributed by atoms with Crippen molar-refractivity contribution >= 4 is 21.6 Å². The first-order valence-electron chi connectivity index (χ1n) is 6.76. The molecule has 1 N–H and O–H groups in total. The van der Waals surface area contributed by atoms with Gasteiger partial charge >= 0.3 is 0 Å². The van der Waals surface area contributed by atoms with Gasteiger partial charge in [-0.2, -0.15) is 0 Å². The average molecular weight is 352 g/mol. The molecule has 0 aliphatic carbocycles. The number of aromatic nitrogens is 1. The number of benzene rings is 1. The molecule has 2 rings (SSSR count). The van der Waals surface area contributed by atoms with Crippen molar-refractivity contribution in [3.05, 3.63) is 62.4 Å². The molecular weight excluding hydrogens is 334 g/mol. The highest BCUT2D eigenvalue weighted by Crippen LogP contribution is 2.24. The second kappa shape index (κ2) is 6.87. The molecule has 1 heterocycles. The Morgan fingerprint density at radius 2 is 2.14 bits per heavy atom. The summed E-state index contributed by atoms with van der Waals surface area (Å²) in [5.41, 5.74) is 2.01. The van der Waals surface area contributed by atoms with E-state index in [0.717, 1.165) is 6.54 Å². The summed E-state index contributed by atoms with van der Waals surface area (Å²) >= 11 is 3.27. The van der Waals surface area contributed by atoms with E-state index in [1.807, 2.05) is 29.1 Å². The van der Waals surface area contributed by atoms with Gasteiger partial charge in [-0.3, -0.25) is 10.1 Å². The quantitative estimate of drug-likeness (QED) is 0.637. The maximum absolute atomic E-state index is 11.1. The molecule has 0 fully saturated rings. The number of nitro groups is 1. The topological polar surface area (TPSA) is 60.1 Å². The Balaban J connectivity index is 2.13. The molecule has 0 atom stereocenters. The minimum absolute atomic E-state index is 0.139. The summed E-state index contributed by atoms with van der Waals surface area (Å²) in [7, 11) is 0. The normalized spacial score (nSPS) is 11.0. The maximum atomic E-state index is 11.1. The Morgan fingerprint density at radius 3 is 2.81 bits per heavy atom. The number of hydrogen-bond acceptors (Lipinski definition) is 3. The molecule has 0 radical (unpaired) electrons. The van der Waals surface area contributed by atoms with Crippen molar-refractivity contribution in [2.45, 2.75) is 33.0 Å². The highest BCUT2D eigenvalue weighted by Gasteiger charge is 2.14. The van der Waals surface area contributed by atoms with E-state index in [4.69, 9.17) is 0 Å². The molecule has 6 heteroatoms. The summed E-state index contributed by atoms with van der Waals surface area (Å²) in [5.74, 6) is 0. The van der Waals surface area contributed by atoms with Crippen LogP contribution in [-0.2, 0) is 13.1 Å². The Bertz CT molecular complexity index is 638. The van der Waals surface area contributed by atoms with Gasteiger partial charge in [-0.25, -0.2) is 0 Å². The maximum Gasteiger partial charge on any atom is 0.275 e. The lowest BCUT2D eigenvalue weighted by Crippen LogP contribution is -2.21. The molecule has 2 aromatic rings. The summed E-state index contributed by atoms with van der Waals surface area (Å²) in [6.45, 7) is 5.49. The van der Waals surface area contributed by atoms with Crippen molar-refractivity contribution in [2.24, 2.45) is 0 Å². The summed E-state index contributed by atoms with van der Waals surface area (Å²) in [4.78, 5) is 10.8. The van der Waals surface area contributed by atoms with Crippen molar-refractivity contribution in [3.8, 4) is 0 Å². The Hall–Kier alpha value is -1.66. The van der Waals surface area contributed by atoms with Crippen molar-refractivity contribution in [3.63, 3.8) is 0 Å². The van der Waals surface area contributed by atoms with Gasteiger partial charge in [0.15, 0.2) is 0 Å². The molecule has 0 bridgehead atoms. The van der Waals surface area contributed by atoms with Crippen LogP contribution in [0.25, 0.3) is 0 Å². The van der Waals surface area contributed by atoms with Crippen LogP contribution in [-0.4, -0.2) is 15.5 Å². The lowest BCUT2D eigenvalue weighted by molar-refractivity contribution is -0.385. The van der Waals surface area contributed by atoms with Crippen LogP contribution in [0.1, 0.15) is 25.0 Å². The molecule has 0 aliphatic rings. The van der Waals surface area contributed by atoms with E-state index < -0.39 is 0 Å². The fraction of sp³-hybridized carbons (Fsp3) is 0.333. The second-order valence-electron chi connectivity index (χ2n) is 5.26. The number of rotatable bonds is 6. The molecule has 112 valence electrons. The molecule has 1 aromatic heterocycles. The van der Waals surface area contributed by atoms with Crippen LogP contribution in [0.4, 0.5) is 5.69 Å². The van der Waals surface area contributed by atoms with Gasteiger partial charge in [0.1, 0.15) is 0 Å². The minimum Gasteiger partial charge on any atom is -0.349 e. The number of halogens is 1. The van der Waals surface area contributed by atoms with Crippen LogP contribution < -0.4 is 5.32 Å². The summed E-state index contributed by atoms with van der Waals surface area (Å²) in [6, 6.07) is 7.61. The van der Waals surface area contributed by atoms with Crippen molar-refractivity contribution < 1.29 is 4.92 Å². The lowest BCUT2D eigenvalue weighted by atomic mass is 10.2. The Kier molecular flexibility index (Phi) is 5.14. The van der Waals surface area contributed by atoms with Gasteiger partial charge in [0, 0.05) is 41.1 Å². The zero-order valence-electron chi connectivity index (χ0n) is 12.0. The zero-order chi connectivity index (χ0) is 15.4. The first kappa shape index (κ1) is 15.7. The van der Waals surface area contributed by atoms with Crippen LogP contribution in [0.5, 0.6) is 0 Å². The van der Waals surface area contributed by atoms with Gasteiger partial charge in [-0.05, 0) is 23.8 Å². The lowest BCUT2D eigenvalue weighted by Gasteiger charge is -2.07. The van der Waals surface area contributed by atoms with Gasteiger partial charge in [-0.1, -0.05) is 29.8 Å². The predicted molar refractivity (Wildman–Crippen MR) is 86.3 cm³/mol. The van der Waals surface area contributed by atoms with E-state index in [-0.39, 0.29) is 10.6 Å². The zero-order valence-corrected chi connectivity index (χ0v) is 13.6. The Labute approximate surface area is 132 Å². The molecule has 5 nitrogen and oxygen atoms in total. The SMILES string of the molecule is CC(C)NCc1ccn(Cc2ccc(Br)cc2[N+](=O)[O-])c1. The van der Waals surface area contributed by atoms with Crippen LogP contribution in [0.2, 0.25) is 0 Å². The fourth-order valence-electron chi connectivity index (χ4n) is 2.05. The minimum atomic E-state index is -0.342. The van der Waals surface area contributed by atoms with Gasteiger partial charge in [0.2, 0.25) is 0 Å². The molecule has 0 unspecified atom stereocenters. The molecule has 0 aliphatic heterocycles. The highest BCUT2D eigenvalue weighted by atomic mass is 79.9. The average Bonchev–Trinajstić information content (AvgIpc) is 2.86. The summed E-state index contributed by atoms with van der Waals surface area (Å²) in [6.07, 6.45) is 3.96. The molecule has 0 amide bonds. The monoisotopic (exact) mass is 351 g/mol. The van der Waals surface area contributed by atoms with E-state index in [0.29, 0.717) is 22.6 Å². The van der Waals surface area contributed by atoms with Gasteiger partial charge < -0.3 is 9.88 Å². The molecular formula is C15H18BrN3O2. The largest absolute Gasteiger partial charge is 0.349 e. The molecule has 21 heavy (non-hydrogen) atoms. The predicted octanol–water partition coefficient (Wildman–Crippen LogP) is 3.71. The standard InChI is InChI=1S/C15H18BrN3O2/c1-11(2)17-8-12-5-6-18(9-12)10-13-3-4-14(16)7-15(13)19(20)21/h3-7,9,11,17H,8,10H2,1-2H3. The first-order chi connectivity index (χ1) is 9.95. The Morgan fingerprint density at radius 1 is 1.38 bits per heavy atom. The van der Waals surface area contributed by atoms with Gasteiger partial charge in [0.25, 0.3) is 5.69 Å². The number of hydrogen-bond donors (Lipinski definition) is 1. The van der Waals surface area contributed by atoms with E-state index in [2.05, 4.69) is 35.1 Å². The molecule has 0 spiro atoms. The van der Waals surface area contributed by atoms with Gasteiger partial charge in [0.05, 0.1) is 11.5 Å². The summed E-state index contributed by atoms with van der Waals surface area (Å²) in [5, 5.41) is 14.5. The number of nitro benzene ring substituents is 1. The molecule has 0 saturated heterocycles. The fourth-order valence-corrected chi connectivity index (χ4v) is 2.40.